The van der Waals surface area contributed by atoms with Crippen LogP contribution in [-0.4, -0.2) is 186 Å². The number of hydrogen-bond donors (Lipinski definition) is 5. The Labute approximate surface area is 532 Å². The van der Waals surface area contributed by atoms with Crippen LogP contribution in [0.15, 0.2) is 35.8 Å². The number of carbonyl (C=O) groups is 10. The number of methoxy groups -OCH3 is 2. The van der Waals surface area contributed by atoms with E-state index in [4.69, 9.17) is 15.2 Å². The first-order valence-corrected chi connectivity index (χ1v) is 32.9. The van der Waals surface area contributed by atoms with Gasteiger partial charge in [0.2, 0.25) is 29.5 Å². The number of nitrogens with one attached hydrogen (secondary N) is 3. The topological polar surface area (TPSA) is 297 Å². The number of benzene rings is 1. The summed E-state index contributed by atoms with van der Waals surface area (Å²) in [6, 6.07) is 3.90. The quantitative estimate of drug-likeness (QED) is 0.0439. The highest BCUT2D eigenvalue weighted by molar-refractivity contribution is 7.09. The second kappa shape index (κ2) is 36.6. The summed E-state index contributed by atoms with van der Waals surface area (Å²) in [6.45, 7) is 18.7. The highest BCUT2D eigenvalue weighted by Gasteiger charge is 2.44. The summed E-state index contributed by atoms with van der Waals surface area (Å²) in [5, 5.41) is 20.5. The molecule has 0 spiro atoms. The van der Waals surface area contributed by atoms with Crippen LogP contribution < -0.4 is 21.7 Å². The summed E-state index contributed by atoms with van der Waals surface area (Å²) >= 11 is 1.40. The summed E-state index contributed by atoms with van der Waals surface area (Å²) in [5.41, 5.74) is 6.80. The number of amides is 7. The molecule has 1 aromatic carbocycles. The third-order valence-corrected chi connectivity index (χ3v) is 19.2. The average molecular weight is 1260 g/mol. The summed E-state index contributed by atoms with van der Waals surface area (Å²) in [7, 11) is 8.63. The molecule has 2 saturated heterocycles. The van der Waals surface area contributed by atoms with Crippen LogP contribution in [0.3, 0.4) is 0 Å². The number of aliphatic carboxylic acids is 1. The zero-order valence-electron chi connectivity index (χ0n) is 55.4. The Bertz CT molecular complexity index is 2640. The van der Waals surface area contributed by atoms with Crippen LogP contribution >= 0.6 is 11.3 Å². The SMILES string of the molecule is CC[C@H](C)[C@@H]([C@@H](CC(=O)N1CCC[C@H]1[C@H](OC)[C@@H](C)C(=O)N[C@@H](Cc1ccc(CC(=O)[C@H](CCCNC(N)=O)NC(=O)[C@@H](CC(=O)CCC(=O)N2CCC(C(=O)O)CC2)C(C)C)cc1)c1nccs1)OC)N(C)C(=O)[C@@H](CC(=O)[C@H](C(C)C)N(C)C)C(C)C. The van der Waals surface area contributed by atoms with E-state index in [9.17, 15) is 53.1 Å². The zero-order valence-corrected chi connectivity index (χ0v) is 56.2. The molecule has 2 aromatic rings. The highest BCUT2D eigenvalue weighted by atomic mass is 32.1. The predicted octanol–water partition coefficient (Wildman–Crippen LogP) is 6.66. The van der Waals surface area contributed by atoms with Crippen molar-refractivity contribution in [1.29, 1.82) is 0 Å². The van der Waals surface area contributed by atoms with Crippen molar-refractivity contribution in [2.45, 2.75) is 195 Å². The molecule has 0 bridgehead atoms. The Morgan fingerprint density at radius 3 is 1.94 bits per heavy atom. The fourth-order valence-corrected chi connectivity index (χ4v) is 13.6. The van der Waals surface area contributed by atoms with Crippen molar-refractivity contribution >= 4 is 70.2 Å². The average Bonchev–Trinajstić information content (AvgIpc) is 2.41. The van der Waals surface area contributed by atoms with Crippen LogP contribution in [-0.2, 0) is 65.5 Å². The summed E-state index contributed by atoms with van der Waals surface area (Å²) in [6.07, 6.45) is 3.66. The normalized spacial score (nSPS) is 18.1. The van der Waals surface area contributed by atoms with Crippen LogP contribution in [0.25, 0.3) is 0 Å². The van der Waals surface area contributed by atoms with Crippen LogP contribution in [0.2, 0.25) is 0 Å². The van der Waals surface area contributed by atoms with E-state index < -0.39 is 78.0 Å². The van der Waals surface area contributed by atoms with Crippen molar-refractivity contribution in [1.82, 2.24) is 40.5 Å². The molecule has 1 aromatic heterocycles. The van der Waals surface area contributed by atoms with Gasteiger partial charge in [0.1, 0.15) is 10.8 Å². The number of ether oxygens (including phenoxy) is 2. The molecule has 3 heterocycles. The van der Waals surface area contributed by atoms with Gasteiger partial charge in [0.15, 0.2) is 11.6 Å². The number of rotatable bonds is 38. The van der Waals surface area contributed by atoms with Gasteiger partial charge in [-0.1, -0.05) is 93.0 Å². The molecule has 6 N–H and O–H groups in total. The van der Waals surface area contributed by atoms with E-state index in [0.29, 0.717) is 75.2 Å². The van der Waals surface area contributed by atoms with Gasteiger partial charge < -0.3 is 51.0 Å². The van der Waals surface area contributed by atoms with Gasteiger partial charge in [0, 0.05) is 103 Å². The molecule has 89 heavy (non-hydrogen) atoms. The number of carboxylic acids is 1. The van der Waals surface area contributed by atoms with Gasteiger partial charge in [-0.3, -0.25) is 48.1 Å². The number of thiazole rings is 1. The van der Waals surface area contributed by atoms with E-state index in [2.05, 4.69) is 20.9 Å². The van der Waals surface area contributed by atoms with Crippen molar-refractivity contribution in [3.05, 3.63) is 52.0 Å². The molecule has 4 rings (SSSR count). The van der Waals surface area contributed by atoms with Crippen molar-refractivity contribution in [2.75, 3.05) is 61.5 Å². The van der Waals surface area contributed by atoms with E-state index in [1.54, 1.807) is 62.9 Å². The van der Waals surface area contributed by atoms with E-state index in [0.717, 1.165) is 5.56 Å². The van der Waals surface area contributed by atoms with Gasteiger partial charge in [0.05, 0.1) is 60.7 Å². The minimum atomic E-state index is -0.965. The highest BCUT2D eigenvalue weighted by Crippen LogP contribution is 2.32. The number of carbonyl (C=O) groups excluding carboxylic acids is 9. The molecular weight excluding hydrogens is 1160 g/mol. The summed E-state index contributed by atoms with van der Waals surface area (Å²) < 4.78 is 12.3. The molecule has 0 unspecified atom stereocenters. The van der Waals surface area contributed by atoms with Crippen LogP contribution in [0, 0.1) is 47.3 Å². The van der Waals surface area contributed by atoms with Crippen molar-refractivity contribution in [2.24, 2.45) is 53.1 Å². The maximum absolute atomic E-state index is 14.6. The molecule has 0 saturated carbocycles. The first kappa shape index (κ1) is 75.3. The van der Waals surface area contributed by atoms with Gasteiger partial charge in [-0.2, -0.15) is 0 Å². The molecule has 0 radical (unpaired) electrons. The van der Waals surface area contributed by atoms with Gasteiger partial charge in [-0.05, 0) is 93.8 Å². The fraction of sp³-hybridized carbons (Fsp3) is 0.712. The Balaban J connectivity index is 1.44. The van der Waals surface area contributed by atoms with Gasteiger partial charge >= 0.3 is 12.0 Å². The lowest BCUT2D eigenvalue weighted by Gasteiger charge is -2.41. The summed E-state index contributed by atoms with van der Waals surface area (Å²) in [4.78, 5) is 146. The number of likely N-dealkylation sites (N-methyl/N-ethyl adjacent to an activating group) is 2. The molecule has 2 aliphatic heterocycles. The summed E-state index contributed by atoms with van der Waals surface area (Å²) in [5.74, 6) is -5.73. The standard InChI is InChI=1S/C66H105N9O13S/c1-15-42(8)59(73(12)64(83)49(40(4)5)37-54(78)58(41(6)7)72(10)11)55(87-13)38-57(80)75-30-17-19-52(75)60(88-14)43(9)61(81)71-51(63-68-29-33-89-63)34-44-20-22-45(23-21-44)35-53(77)50(18-16-28-69-66(67)86)70-62(82)48(39(2)3)36-47(76)24-25-56(79)74-31-26-46(27-32-74)65(84)85/h20-23,29,33,39-43,46,48-52,55,58-60H,15-19,24-28,30-32,34-38H2,1-14H3,(H,70,82)(H,71,81)(H,84,85)(H3,67,69,86)/t42-,43+,48-,49-,50-,51-,52-,55+,58-,59-,60+/m0/s1. The largest absolute Gasteiger partial charge is 0.481 e. The molecule has 7 amide bonds. The van der Waals surface area contributed by atoms with Crippen molar-refractivity contribution in [3.8, 4) is 0 Å². The molecular formula is C66H105N9O13S. The lowest BCUT2D eigenvalue weighted by molar-refractivity contribution is -0.149. The molecule has 22 nitrogen and oxygen atoms in total. The number of hydrogen-bond acceptors (Lipinski definition) is 15. The number of nitrogens with zero attached hydrogens (tertiary/aromatic N) is 5. The Morgan fingerprint density at radius 1 is 0.764 bits per heavy atom. The zero-order chi connectivity index (χ0) is 66.4. The van der Waals surface area contributed by atoms with E-state index >= 15 is 0 Å². The van der Waals surface area contributed by atoms with Crippen LogP contribution in [0.5, 0.6) is 0 Å². The Hall–Kier alpha value is -6.17. The number of aromatic nitrogens is 1. The third-order valence-electron chi connectivity index (χ3n) is 18.3. The maximum atomic E-state index is 14.6. The minimum Gasteiger partial charge on any atom is -0.481 e. The smallest absolute Gasteiger partial charge is 0.312 e. The molecule has 498 valence electrons. The van der Waals surface area contributed by atoms with E-state index in [1.807, 2.05) is 90.2 Å². The monoisotopic (exact) mass is 1260 g/mol. The Morgan fingerprint density at radius 2 is 1.40 bits per heavy atom. The van der Waals surface area contributed by atoms with E-state index in [1.165, 1.54) is 11.3 Å². The molecule has 0 aliphatic carbocycles. The van der Waals surface area contributed by atoms with Gasteiger partial charge in [-0.15, -0.1) is 11.3 Å². The lowest BCUT2D eigenvalue weighted by atomic mass is 9.83. The maximum Gasteiger partial charge on any atom is 0.312 e. The molecule has 2 fully saturated rings. The first-order valence-electron chi connectivity index (χ1n) is 32.0. The predicted molar refractivity (Wildman–Crippen MR) is 341 cm³/mol. The fourth-order valence-electron chi connectivity index (χ4n) is 12.9. The third kappa shape index (κ3) is 22.3. The van der Waals surface area contributed by atoms with E-state index in [-0.39, 0.29) is 122 Å². The first-order chi connectivity index (χ1) is 42.0. The molecule has 2 aliphatic rings. The van der Waals surface area contributed by atoms with Crippen LogP contribution in [0.4, 0.5) is 4.79 Å². The number of nitrogens with two attached hydrogens (primary N) is 1. The number of carboxylic acid groups (broad SMARTS) is 1. The Kier molecular flexibility index (Phi) is 31.0. The number of Topliss-reactive ketones (excluding diaryl/α,β-unsaturated/α-hetero) is 3. The second-order valence-corrected chi connectivity index (χ2v) is 26.9. The number of primary amides is 1. The number of piperidine rings is 1. The van der Waals surface area contributed by atoms with Crippen molar-refractivity contribution < 1.29 is 62.5 Å². The molecule has 23 heteroatoms. The number of ketones is 3. The number of likely N-dealkylation sites (tertiary alicyclic amines) is 2. The number of urea groups is 1. The van der Waals surface area contributed by atoms with Gasteiger partial charge in [-0.25, -0.2) is 9.78 Å². The van der Waals surface area contributed by atoms with Gasteiger partial charge in [0.25, 0.3) is 0 Å². The molecule has 11 atom stereocenters. The van der Waals surface area contributed by atoms with Crippen molar-refractivity contribution in [3.63, 3.8) is 0 Å². The minimum absolute atomic E-state index is 0.0134. The van der Waals surface area contributed by atoms with Crippen LogP contribution in [0.1, 0.15) is 162 Å². The second-order valence-electron chi connectivity index (χ2n) is 25.9. The lowest BCUT2D eigenvalue weighted by Crippen LogP contribution is -2.54.